The fourth-order valence-corrected chi connectivity index (χ4v) is 3.61. The van der Waals surface area contributed by atoms with Gasteiger partial charge in [0.25, 0.3) is 11.8 Å². The molecule has 0 spiro atoms. The van der Waals surface area contributed by atoms with E-state index in [9.17, 15) is 14.0 Å². The maximum atomic E-state index is 14.4. The standard InChI is InChI=1S/C23H27FN2O3/c1-13-8-9-29-21-15(3)14(2)17(12-19(21)23(28)26(13)5)10-16-6-7-18(20(24)11-16)22(27)25-4/h6-7,11-13H,8-10H2,1-5H3,(H,25,27)/t13-/m0/s1. The van der Waals surface area contributed by atoms with E-state index in [2.05, 4.69) is 5.32 Å². The molecule has 6 heteroatoms. The molecule has 0 saturated carbocycles. The number of amides is 2. The number of nitrogens with zero attached hydrogens (tertiary/aromatic N) is 1. The number of carbonyl (C=O) groups is 2. The Kier molecular flexibility index (Phi) is 5.91. The summed E-state index contributed by atoms with van der Waals surface area (Å²) in [5.41, 5.74) is 4.17. The molecule has 0 radical (unpaired) electrons. The lowest BCUT2D eigenvalue weighted by Gasteiger charge is -2.30. The maximum Gasteiger partial charge on any atom is 0.257 e. The molecule has 1 aliphatic rings. The van der Waals surface area contributed by atoms with Gasteiger partial charge in [0, 0.05) is 26.6 Å². The zero-order valence-electron chi connectivity index (χ0n) is 17.6. The first-order valence-corrected chi connectivity index (χ1v) is 9.78. The van der Waals surface area contributed by atoms with Crippen LogP contribution in [0.15, 0.2) is 24.3 Å². The van der Waals surface area contributed by atoms with Crippen LogP contribution in [-0.4, -0.2) is 43.5 Å². The molecule has 5 nitrogen and oxygen atoms in total. The van der Waals surface area contributed by atoms with Gasteiger partial charge in [0.1, 0.15) is 11.6 Å². The van der Waals surface area contributed by atoms with Crippen molar-refractivity contribution in [2.75, 3.05) is 20.7 Å². The van der Waals surface area contributed by atoms with Crippen molar-refractivity contribution in [3.63, 3.8) is 0 Å². The van der Waals surface area contributed by atoms with Gasteiger partial charge in [0.05, 0.1) is 17.7 Å². The van der Waals surface area contributed by atoms with Gasteiger partial charge in [-0.3, -0.25) is 9.59 Å². The second kappa shape index (κ2) is 8.23. The molecule has 0 saturated heterocycles. The first-order valence-electron chi connectivity index (χ1n) is 9.78. The first-order chi connectivity index (χ1) is 13.7. The van der Waals surface area contributed by atoms with Crippen LogP contribution in [-0.2, 0) is 6.42 Å². The van der Waals surface area contributed by atoms with Gasteiger partial charge in [-0.05, 0) is 67.6 Å². The zero-order chi connectivity index (χ0) is 21.3. The minimum absolute atomic E-state index is 0.0153. The molecule has 2 amide bonds. The molecule has 2 aromatic carbocycles. The van der Waals surface area contributed by atoms with Crippen LogP contribution in [0.4, 0.5) is 4.39 Å². The van der Waals surface area contributed by atoms with E-state index in [0.717, 1.165) is 28.7 Å². The van der Waals surface area contributed by atoms with E-state index < -0.39 is 11.7 Å². The van der Waals surface area contributed by atoms with Gasteiger partial charge in [-0.1, -0.05) is 6.07 Å². The Balaban J connectivity index is 2.01. The van der Waals surface area contributed by atoms with E-state index in [1.807, 2.05) is 33.9 Å². The van der Waals surface area contributed by atoms with Crippen LogP contribution < -0.4 is 10.1 Å². The SMILES string of the molecule is CNC(=O)c1ccc(Cc2cc3c(c(C)c2C)OCC[C@H](C)N(C)C3=O)cc1F. The van der Waals surface area contributed by atoms with Crippen molar-refractivity contribution in [2.24, 2.45) is 0 Å². The van der Waals surface area contributed by atoms with Crippen LogP contribution >= 0.6 is 0 Å². The van der Waals surface area contributed by atoms with E-state index >= 15 is 0 Å². The maximum absolute atomic E-state index is 14.4. The average molecular weight is 398 g/mol. The molecule has 29 heavy (non-hydrogen) atoms. The van der Waals surface area contributed by atoms with Gasteiger partial charge >= 0.3 is 0 Å². The third kappa shape index (κ3) is 3.97. The molecule has 0 unspecified atom stereocenters. The van der Waals surface area contributed by atoms with Crippen molar-refractivity contribution in [3.8, 4) is 5.75 Å². The van der Waals surface area contributed by atoms with Crippen LogP contribution in [0.2, 0.25) is 0 Å². The number of hydrogen-bond acceptors (Lipinski definition) is 3. The zero-order valence-corrected chi connectivity index (χ0v) is 17.6. The summed E-state index contributed by atoms with van der Waals surface area (Å²) in [7, 11) is 3.28. The van der Waals surface area contributed by atoms with E-state index in [-0.39, 0.29) is 17.5 Å². The van der Waals surface area contributed by atoms with Gasteiger partial charge in [0.15, 0.2) is 0 Å². The largest absolute Gasteiger partial charge is 0.492 e. The third-order valence-corrected chi connectivity index (χ3v) is 5.84. The predicted octanol–water partition coefficient (Wildman–Crippen LogP) is 3.64. The Morgan fingerprint density at radius 1 is 1.28 bits per heavy atom. The Hall–Kier alpha value is -2.89. The molecule has 0 fully saturated rings. The number of benzene rings is 2. The van der Waals surface area contributed by atoms with Crippen molar-refractivity contribution in [3.05, 3.63) is 63.5 Å². The number of fused-ring (bicyclic) bond motifs is 1. The molecule has 0 aromatic heterocycles. The highest BCUT2D eigenvalue weighted by atomic mass is 19.1. The highest BCUT2D eigenvalue weighted by molar-refractivity contribution is 5.98. The minimum Gasteiger partial charge on any atom is -0.492 e. The van der Waals surface area contributed by atoms with Gasteiger partial charge in [0.2, 0.25) is 0 Å². The van der Waals surface area contributed by atoms with Crippen molar-refractivity contribution >= 4 is 11.8 Å². The van der Waals surface area contributed by atoms with E-state index in [1.165, 1.54) is 19.2 Å². The quantitative estimate of drug-likeness (QED) is 0.859. The molecule has 1 atom stereocenters. The molecule has 0 bridgehead atoms. The number of rotatable bonds is 3. The van der Waals surface area contributed by atoms with Gasteiger partial charge < -0.3 is 15.0 Å². The molecular weight excluding hydrogens is 371 g/mol. The molecule has 154 valence electrons. The summed E-state index contributed by atoms with van der Waals surface area (Å²) >= 11 is 0. The Bertz CT molecular complexity index is 971. The lowest BCUT2D eigenvalue weighted by atomic mass is 9.92. The summed E-state index contributed by atoms with van der Waals surface area (Å²) in [6.07, 6.45) is 1.23. The summed E-state index contributed by atoms with van der Waals surface area (Å²) < 4.78 is 20.3. The highest BCUT2D eigenvalue weighted by Gasteiger charge is 2.27. The third-order valence-electron chi connectivity index (χ3n) is 5.84. The van der Waals surface area contributed by atoms with Gasteiger partial charge in [-0.2, -0.15) is 0 Å². The minimum atomic E-state index is -0.560. The molecule has 3 rings (SSSR count). The molecule has 1 heterocycles. The van der Waals surface area contributed by atoms with Crippen LogP contribution in [0, 0.1) is 19.7 Å². The lowest BCUT2D eigenvalue weighted by molar-refractivity contribution is 0.0699. The number of carbonyl (C=O) groups excluding carboxylic acids is 2. The highest BCUT2D eigenvalue weighted by Crippen LogP contribution is 2.33. The van der Waals surface area contributed by atoms with Crippen LogP contribution in [0.3, 0.4) is 0 Å². The average Bonchev–Trinajstić information content (AvgIpc) is 2.70. The first kappa shape index (κ1) is 20.8. The van der Waals surface area contributed by atoms with Crippen molar-refractivity contribution in [1.82, 2.24) is 10.2 Å². The number of ether oxygens (including phenoxy) is 1. The lowest BCUT2D eigenvalue weighted by Crippen LogP contribution is -2.38. The number of nitrogens with one attached hydrogen (secondary N) is 1. The van der Waals surface area contributed by atoms with E-state index in [1.54, 1.807) is 11.0 Å². The van der Waals surface area contributed by atoms with Crippen molar-refractivity contribution in [2.45, 2.75) is 39.7 Å². The normalized spacial score (nSPS) is 16.6. The molecule has 2 aromatic rings. The summed E-state index contributed by atoms with van der Waals surface area (Å²) in [6, 6.07) is 6.56. The van der Waals surface area contributed by atoms with Gasteiger partial charge in [-0.15, -0.1) is 0 Å². The molecule has 1 N–H and O–H groups in total. The Morgan fingerprint density at radius 3 is 2.66 bits per heavy atom. The monoisotopic (exact) mass is 398 g/mol. The fourth-order valence-electron chi connectivity index (χ4n) is 3.61. The topological polar surface area (TPSA) is 58.6 Å². The van der Waals surface area contributed by atoms with Crippen molar-refractivity contribution in [1.29, 1.82) is 0 Å². The summed E-state index contributed by atoms with van der Waals surface area (Å²) in [4.78, 5) is 26.5. The Morgan fingerprint density at radius 2 is 2.00 bits per heavy atom. The van der Waals surface area contributed by atoms with Crippen LogP contribution in [0.5, 0.6) is 5.75 Å². The fraction of sp³-hybridized carbons (Fsp3) is 0.391. The van der Waals surface area contributed by atoms with E-state index in [0.29, 0.717) is 24.3 Å². The van der Waals surface area contributed by atoms with E-state index in [4.69, 9.17) is 4.74 Å². The predicted molar refractivity (Wildman–Crippen MR) is 110 cm³/mol. The van der Waals surface area contributed by atoms with Crippen LogP contribution in [0.1, 0.15) is 56.3 Å². The second-order valence-electron chi connectivity index (χ2n) is 7.63. The second-order valence-corrected chi connectivity index (χ2v) is 7.63. The number of halogens is 1. The molecular formula is C23H27FN2O3. The van der Waals surface area contributed by atoms with Crippen molar-refractivity contribution < 1.29 is 18.7 Å². The summed E-state index contributed by atoms with van der Waals surface area (Å²) in [6.45, 7) is 6.49. The smallest absolute Gasteiger partial charge is 0.257 e. The Labute approximate surface area is 170 Å². The molecule has 0 aliphatic carbocycles. The number of hydrogen-bond donors (Lipinski definition) is 1. The summed E-state index contributed by atoms with van der Waals surface area (Å²) in [5.74, 6) is -0.452. The van der Waals surface area contributed by atoms with Crippen LogP contribution in [0.25, 0.3) is 0 Å². The molecule has 1 aliphatic heterocycles. The van der Waals surface area contributed by atoms with Gasteiger partial charge in [-0.25, -0.2) is 4.39 Å². The summed E-state index contributed by atoms with van der Waals surface area (Å²) in [5, 5.41) is 2.43.